The van der Waals surface area contributed by atoms with Gasteiger partial charge >= 0.3 is 6.09 Å². The smallest absolute Gasteiger partial charge is 0.434 e. The molecule has 0 radical (unpaired) electrons. The van der Waals surface area contributed by atoms with E-state index in [-0.39, 0.29) is 27.8 Å². The van der Waals surface area contributed by atoms with Crippen LogP contribution in [0.5, 0.6) is 11.5 Å². The van der Waals surface area contributed by atoms with Crippen LogP contribution >= 0.6 is 11.8 Å². The van der Waals surface area contributed by atoms with Crippen LogP contribution < -0.4 is 9.47 Å². The average Bonchev–Trinajstić information content (AvgIpc) is 3.27. The second-order valence-electron chi connectivity index (χ2n) is 6.40. The van der Waals surface area contributed by atoms with Crippen LogP contribution in [0.25, 0.3) is 11.4 Å². The van der Waals surface area contributed by atoms with Crippen LogP contribution in [0.1, 0.15) is 11.5 Å². The van der Waals surface area contributed by atoms with E-state index < -0.39 is 11.9 Å². The van der Waals surface area contributed by atoms with Gasteiger partial charge in [0.1, 0.15) is 10.8 Å². The summed E-state index contributed by atoms with van der Waals surface area (Å²) in [6.45, 7) is 1.70. The van der Waals surface area contributed by atoms with Gasteiger partial charge in [0.2, 0.25) is 11.7 Å². The van der Waals surface area contributed by atoms with E-state index in [0.717, 1.165) is 17.3 Å². The zero-order valence-electron chi connectivity index (χ0n) is 18.6. The first-order valence-corrected chi connectivity index (χ1v) is 10.8. The number of carbonyl (C=O) groups excluding carboxylic acids is 1. The summed E-state index contributed by atoms with van der Waals surface area (Å²) in [5, 5.41) is 4.04. The Kier molecular flexibility index (Phi) is 7.78. The minimum atomic E-state index is -0.837. The van der Waals surface area contributed by atoms with Gasteiger partial charge in [-0.25, -0.2) is 14.2 Å². The monoisotopic (exact) mass is 472 g/mol. The number of carbonyl (C=O) groups is 1. The van der Waals surface area contributed by atoms with Gasteiger partial charge in [0.05, 0.1) is 27.0 Å². The van der Waals surface area contributed by atoms with Crippen molar-refractivity contribution in [3.05, 3.63) is 53.7 Å². The van der Waals surface area contributed by atoms with Gasteiger partial charge in [-0.2, -0.15) is 9.98 Å². The molecule has 0 aliphatic carbocycles. The van der Waals surface area contributed by atoms with E-state index in [2.05, 4.69) is 24.9 Å². The number of hydrogen-bond donors (Lipinski definition) is 0. The number of hydrogen-bond acceptors (Lipinski definition) is 9. The Morgan fingerprint density at radius 3 is 2.36 bits per heavy atom. The van der Waals surface area contributed by atoms with Crippen molar-refractivity contribution in [3.63, 3.8) is 0 Å². The highest BCUT2D eigenvalue weighted by atomic mass is 32.2. The predicted octanol–water partition coefficient (Wildman–Crippen LogP) is 4.85. The standard InChI is InChI=1S/C22H21FN4O5S/c1-12-24-20(27-32-12)13-6-8-14(9-7-13)25-18(21(33-5)26-22(28)31-4)15-10-11-16(29-2)19(30-3)17(15)23/h6-11H,1-5H3/b25-18-,26-21-. The van der Waals surface area contributed by atoms with Gasteiger partial charge in [0.15, 0.2) is 17.3 Å². The van der Waals surface area contributed by atoms with Crippen LogP contribution in [0.3, 0.4) is 0 Å². The zero-order chi connectivity index (χ0) is 24.0. The largest absolute Gasteiger partial charge is 0.493 e. The lowest BCUT2D eigenvalue weighted by Crippen LogP contribution is -2.16. The summed E-state index contributed by atoms with van der Waals surface area (Å²) in [5.74, 6) is 0.298. The molecule has 9 nitrogen and oxygen atoms in total. The van der Waals surface area contributed by atoms with E-state index in [1.54, 1.807) is 43.5 Å². The quantitative estimate of drug-likeness (QED) is 0.370. The Balaban J connectivity index is 2.14. The van der Waals surface area contributed by atoms with E-state index >= 15 is 4.39 Å². The summed E-state index contributed by atoms with van der Waals surface area (Å²) in [6.07, 6.45) is 0.855. The molecule has 0 atom stereocenters. The first kappa shape index (κ1) is 23.9. The van der Waals surface area contributed by atoms with Crippen molar-refractivity contribution in [2.75, 3.05) is 27.6 Å². The molecule has 1 heterocycles. The number of rotatable bonds is 6. The second kappa shape index (κ2) is 10.7. The molecule has 172 valence electrons. The van der Waals surface area contributed by atoms with Crippen LogP contribution in [0.2, 0.25) is 0 Å². The number of methoxy groups -OCH3 is 3. The molecule has 3 aromatic rings. The van der Waals surface area contributed by atoms with Crippen molar-refractivity contribution in [2.24, 2.45) is 9.98 Å². The van der Waals surface area contributed by atoms with Crippen molar-refractivity contribution >= 4 is 34.3 Å². The fraction of sp³-hybridized carbons (Fsp3) is 0.227. The average molecular weight is 472 g/mol. The van der Waals surface area contributed by atoms with Crippen LogP contribution in [-0.2, 0) is 4.74 Å². The fourth-order valence-electron chi connectivity index (χ4n) is 2.85. The lowest BCUT2D eigenvalue weighted by Gasteiger charge is -2.14. The molecule has 0 saturated heterocycles. The van der Waals surface area contributed by atoms with E-state index in [9.17, 15) is 4.79 Å². The fourth-order valence-corrected chi connectivity index (χ4v) is 3.36. The highest BCUT2D eigenvalue weighted by molar-refractivity contribution is 8.15. The zero-order valence-corrected chi connectivity index (χ0v) is 19.4. The van der Waals surface area contributed by atoms with Crippen LogP contribution in [0.15, 0.2) is 50.9 Å². The number of benzene rings is 2. The summed E-state index contributed by atoms with van der Waals surface area (Å²) in [5.41, 5.74) is 1.39. The van der Waals surface area contributed by atoms with Crippen LogP contribution in [0, 0.1) is 12.7 Å². The van der Waals surface area contributed by atoms with Crippen molar-refractivity contribution in [1.82, 2.24) is 10.1 Å². The molecule has 0 N–H and O–H groups in total. The molecule has 1 aromatic heterocycles. The van der Waals surface area contributed by atoms with E-state index in [4.69, 9.17) is 14.0 Å². The molecule has 0 spiro atoms. The number of aliphatic imine (C=N–C) groups is 2. The molecule has 11 heteroatoms. The Hall–Kier alpha value is -3.73. The molecule has 0 saturated carbocycles. The summed E-state index contributed by atoms with van der Waals surface area (Å²) in [6, 6.07) is 9.94. The molecule has 0 aliphatic rings. The van der Waals surface area contributed by atoms with Gasteiger partial charge in [-0.15, -0.1) is 11.8 Å². The number of halogens is 1. The molecule has 0 unspecified atom stereocenters. The summed E-state index contributed by atoms with van der Waals surface area (Å²) in [7, 11) is 3.94. The topological polar surface area (TPSA) is 108 Å². The number of aromatic nitrogens is 2. The van der Waals surface area contributed by atoms with Crippen molar-refractivity contribution in [3.8, 4) is 22.9 Å². The SMILES string of the molecule is COC(=O)/N=C(SC)/C(=N\c1ccc(-c2noc(C)n2)cc1)c1ccc(OC)c(OC)c1F. The molecule has 2 aromatic carbocycles. The molecule has 0 bridgehead atoms. The van der Waals surface area contributed by atoms with Crippen molar-refractivity contribution < 1.29 is 27.9 Å². The third kappa shape index (κ3) is 5.37. The summed E-state index contributed by atoms with van der Waals surface area (Å²) in [4.78, 5) is 24.5. The lowest BCUT2D eigenvalue weighted by molar-refractivity contribution is 0.183. The van der Waals surface area contributed by atoms with E-state index in [1.165, 1.54) is 27.4 Å². The number of thioether (sulfide) groups is 1. The van der Waals surface area contributed by atoms with E-state index in [0.29, 0.717) is 17.4 Å². The van der Waals surface area contributed by atoms with Gasteiger partial charge in [-0.05, 0) is 42.7 Å². The highest BCUT2D eigenvalue weighted by Gasteiger charge is 2.23. The second-order valence-corrected chi connectivity index (χ2v) is 7.19. The van der Waals surface area contributed by atoms with Crippen LogP contribution in [0.4, 0.5) is 14.9 Å². The Morgan fingerprint density at radius 2 is 1.82 bits per heavy atom. The minimum absolute atomic E-state index is 0.0718. The number of ether oxygens (including phenoxy) is 3. The molecule has 33 heavy (non-hydrogen) atoms. The van der Waals surface area contributed by atoms with Gasteiger partial charge in [0.25, 0.3) is 0 Å². The lowest BCUT2D eigenvalue weighted by atomic mass is 10.1. The van der Waals surface area contributed by atoms with Crippen molar-refractivity contribution in [1.29, 1.82) is 0 Å². The third-order valence-corrected chi connectivity index (χ3v) is 5.07. The maximum atomic E-state index is 15.4. The molecular weight excluding hydrogens is 451 g/mol. The normalized spacial score (nSPS) is 11.9. The van der Waals surface area contributed by atoms with Gasteiger partial charge in [0, 0.05) is 18.1 Å². The molecule has 0 aliphatic heterocycles. The first-order valence-electron chi connectivity index (χ1n) is 9.53. The Bertz CT molecular complexity index is 1210. The van der Waals surface area contributed by atoms with Gasteiger partial charge in [-0.3, -0.25) is 0 Å². The predicted molar refractivity (Wildman–Crippen MR) is 124 cm³/mol. The first-order chi connectivity index (χ1) is 15.9. The van der Waals surface area contributed by atoms with Crippen molar-refractivity contribution in [2.45, 2.75) is 6.92 Å². The Morgan fingerprint density at radius 1 is 1.09 bits per heavy atom. The summed E-state index contributed by atoms with van der Waals surface area (Å²) >= 11 is 1.12. The Labute approximate surface area is 193 Å². The highest BCUT2D eigenvalue weighted by Crippen LogP contribution is 2.33. The summed E-state index contributed by atoms with van der Waals surface area (Å²) < 4.78 is 35.4. The van der Waals surface area contributed by atoms with Gasteiger partial charge in [-0.1, -0.05) is 5.16 Å². The van der Waals surface area contributed by atoms with Crippen LogP contribution in [-0.4, -0.2) is 54.6 Å². The minimum Gasteiger partial charge on any atom is -0.493 e. The molecule has 1 amide bonds. The van der Waals surface area contributed by atoms with E-state index in [1.807, 2.05) is 0 Å². The maximum Gasteiger partial charge on any atom is 0.434 e. The maximum absolute atomic E-state index is 15.4. The molecular formula is C22H21FN4O5S. The number of aryl methyl sites for hydroxylation is 1. The third-order valence-electron chi connectivity index (χ3n) is 4.40. The number of nitrogens with zero attached hydrogens (tertiary/aromatic N) is 4. The molecule has 3 rings (SSSR count). The van der Waals surface area contributed by atoms with Gasteiger partial charge < -0.3 is 18.7 Å². The number of amides is 1. The molecule has 0 fully saturated rings.